The largest absolute Gasteiger partial charge is 0.507 e. The van der Waals surface area contributed by atoms with Gasteiger partial charge in [-0.3, -0.25) is 14.5 Å². The number of aliphatic hydroxyl groups excluding tert-OH is 1. The maximum atomic E-state index is 13.4. The van der Waals surface area contributed by atoms with Crippen molar-refractivity contribution in [3.63, 3.8) is 0 Å². The highest BCUT2D eigenvalue weighted by molar-refractivity contribution is 6.51. The number of carbonyl (C=O) groups excluding carboxylic acids is 2. The van der Waals surface area contributed by atoms with Crippen LogP contribution in [-0.4, -0.2) is 31.0 Å². The molecule has 0 radical (unpaired) electrons. The van der Waals surface area contributed by atoms with Gasteiger partial charge in [0.25, 0.3) is 11.7 Å². The van der Waals surface area contributed by atoms with E-state index in [2.05, 4.69) is 0 Å². The standard InChI is InChI=1S/C29H28ClNO5/c1-16(2)22-14-19(10-12-24(22)36-5)27(32)25-26(18-7-6-8-21(13-18)35-4)31(29(34)28(25)33)20-11-9-17(3)23(30)15-20/h6-16,26,32H,1-5H3/b27-25-. The lowest BCUT2D eigenvalue weighted by Crippen LogP contribution is -2.29. The van der Waals surface area contributed by atoms with E-state index in [0.29, 0.717) is 33.3 Å². The van der Waals surface area contributed by atoms with Crippen LogP contribution in [0.2, 0.25) is 5.02 Å². The molecule has 4 rings (SSSR count). The minimum atomic E-state index is -0.886. The van der Waals surface area contributed by atoms with Crippen LogP contribution in [0.15, 0.2) is 66.2 Å². The van der Waals surface area contributed by atoms with Crippen LogP contribution in [0.1, 0.15) is 48.1 Å². The Labute approximate surface area is 215 Å². The van der Waals surface area contributed by atoms with Crippen LogP contribution in [-0.2, 0) is 9.59 Å². The number of nitrogens with zero attached hydrogens (tertiary/aromatic N) is 1. The van der Waals surface area contributed by atoms with Gasteiger partial charge in [0.2, 0.25) is 0 Å². The lowest BCUT2D eigenvalue weighted by atomic mass is 9.93. The monoisotopic (exact) mass is 505 g/mol. The van der Waals surface area contributed by atoms with Crippen molar-refractivity contribution in [2.45, 2.75) is 32.7 Å². The van der Waals surface area contributed by atoms with Crippen LogP contribution in [0.4, 0.5) is 5.69 Å². The number of Topliss-reactive ketones (excluding diaryl/α,β-unsaturated/α-hetero) is 1. The summed E-state index contributed by atoms with van der Waals surface area (Å²) in [4.78, 5) is 28.2. The molecular weight excluding hydrogens is 478 g/mol. The third-order valence-electron chi connectivity index (χ3n) is 6.41. The Morgan fingerprint density at radius 2 is 1.75 bits per heavy atom. The molecule has 1 amide bonds. The Kier molecular flexibility index (Phi) is 7.09. The molecule has 3 aromatic carbocycles. The molecule has 1 saturated heterocycles. The van der Waals surface area contributed by atoms with Gasteiger partial charge in [-0.05, 0) is 72.0 Å². The quantitative estimate of drug-likeness (QED) is 0.238. The predicted octanol–water partition coefficient (Wildman–Crippen LogP) is 6.42. The smallest absolute Gasteiger partial charge is 0.300 e. The molecule has 7 heteroatoms. The van der Waals surface area contributed by atoms with Crippen molar-refractivity contribution in [1.82, 2.24) is 0 Å². The molecule has 1 unspecified atom stereocenters. The molecule has 6 nitrogen and oxygen atoms in total. The highest BCUT2D eigenvalue weighted by atomic mass is 35.5. The number of anilines is 1. The van der Waals surface area contributed by atoms with E-state index < -0.39 is 17.7 Å². The van der Waals surface area contributed by atoms with Gasteiger partial charge in [0.15, 0.2) is 0 Å². The van der Waals surface area contributed by atoms with Gasteiger partial charge in [-0.2, -0.15) is 0 Å². The summed E-state index contributed by atoms with van der Waals surface area (Å²) in [6.07, 6.45) is 0. The number of benzene rings is 3. The van der Waals surface area contributed by atoms with Gasteiger partial charge in [0.05, 0.1) is 25.8 Å². The summed E-state index contributed by atoms with van der Waals surface area (Å²) >= 11 is 6.37. The number of carbonyl (C=O) groups is 2. The maximum absolute atomic E-state index is 13.4. The Hall–Kier alpha value is -3.77. The second kappa shape index (κ2) is 10.1. The first-order valence-electron chi connectivity index (χ1n) is 11.6. The van der Waals surface area contributed by atoms with Crippen LogP contribution in [0.3, 0.4) is 0 Å². The topological polar surface area (TPSA) is 76.1 Å². The van der Waals surface area contributed by atoms with Crippen LogP contribution in [0.25, 0.3) is 5.76 Å². The zero-order valence-corrected chi connectivity index (χ0v) is 21.6. The normalized spacial score (nSPS) is 17.1. The number of aliphatic hydroxyl groups is 1. The van der Waals surface area contributed by atoms with Crippen molar-refractivity contribution < 1.29 is 24.2 Å². The van der Waals surface area contributed by atoms with Gasteiger partial charge in [-0.25, -0.2) is 0 Å². The summed E-state index contributed by atoms with van der Waals surface area (Å²) in [6, 6.07) is 16.6. The van der Waals surface area contributed by atoms with Crippen molar-refractivity contribution in [3.05, 3.63) is 93.5 Å². The van der Waals surface area contributed by atoms with E-state index in [0.717, 1.165) is 11.1 Å². The molecule has 0 aromatic heterocycles. The van der Waals surface area contributed by atoms with E-state index in [4.69, 9.17) is 21.1 Å². The SMILES string of the molecule is COc1cccc(C2/C(=C(/O)c3ccc(OC)c(C(C)C)c3)C(=O)C(=O)N2c2ccc(C)c(Cl)c2)c1. The van der Waals surface area contributed by atoms with Crippen molar-refractivity contribution in [2.75, 3.05) is 19.1 Å². The fraction of sp³-hybridized carbons (Fsp3) is 0.241. The van der Waals surface area contributed by atoms with E-state index >= 15 is 0 Å². The Balaban J connectivity index is 1.97. The summed E-state index contributed by atoms with van der Waals surface area (Å²) in [5.41, 5.74) is 3.20. The number of hydrogen-bond acceptors (Lipinski definition) is 5. The molecule has 36 heavy (non-hydrogen) atoms. The third kappa shape index (κ3) is 4.44. The van der Waals surface area contributed by atoms with Gasteiger partial charge in [0, 0.05) is 16.3 Å². The molecule has 0 spiro atoms. The van der Waals surface area contributed by atoms with Crippen LogP contribution in [0.5, 0.6) is 11.5 Å². The summed E-state index contributed by atoms with van der Waals surface area (Å²) in [5.74, 6) is -0.432. The summed E-state index contributed by atoms with van der Waals surface area (Å²) < 4.78 is 10.9. The molecule has 1 aliphatic rings. The van der Waals surface area contributed by atoms with Crippen molar-refractivity contribution in [1.29, 1.82) is 0 Å². The van der Waals surface area contributed by atoms with E-state index in [1.54, 1.807) is 74.9 Å². The fourth-order valence-electron chi connectivity index (χ4n) is 4.45. The summed E-state index contributed by atoms with van der Waals surface area (Å²) in [5, 5.41) is 11.9. The number of methoxy groups -OCH3 is 2. The van der Waals surface area contributed by atoms with Gasteiger partial charge < -0.3 is 14.6 Å². The van der Waals surface area contributed by atoms with Gasteiger partial charge >= 0.3 is 0 Å². The molecule has 186 valence electrons. The predicted molar refractivity (Wildman–Crippen MR) is 141 cm³/mol. The molecule has 1 atom stereocenters. The Morgan fingerprint density at radius 1 is 1.00 bits per heavy atom. The van der Waals surface area contributed by atoms with Crippen LogP contribution >= 0.6 is 11.6 Å². The molecule has 1 fully saturated rings. The average Bonchev–Trinajstić information content (AvgIpc) is 3.15. The fourth-order valence-corrected chi connectivity index (χ4v) is 4.62. The van der Waals surface area contributed by atoms with E-state index in [-0.39, 0.29) is 17.3 Å². The van der Waals surface area contributed by atoms with Gasteiger partial charge in [-0.15, -0.1) is 0 Å². The maximum Gasteiger partial charge on any atom is 0.300 e. The van der Waals surface area contributed by atoms with E-state index in [9.17, 15) is 14.7 Å². The Bertz CT molecular complexity index is 1380. The van der Waals surface area contributed by atoms with Crippen molar-refractivity contribution in [2.24, 2.45) is 0 Å². The molecule has 3 aromatic rings. The van der Waals surface area contributed by atoms with Crippen molar-refractivity contribution >= 4 is 34.7 Å². The number of amides is 1. The first-order chi connectivity index (χ1) is 17.2. The minimum absolute atomic E-state index is 0.00942. The average molecular weight is 506 g/mol. The minimum Gasteiger partial charge on any atom is -0.507 e. The number of halogens is 1. The number of ketones is 1. The van der Waals surface area contributed by atoms with Gasteiger partial charge in [-0.1, -0.05) is 43.6 Å². The second-order valence-corrected chi connectivity index (χ2v) is 9.40. The number of aryl methyl sites for hydroxylation is 1. The highest BCUT2D eigenvalue weighted by Crippen LogP contribution is 2.44. The zero-order valence-electron chi connectivity index (χ0n) is 20.8. The third-order valence-corrected chi connectivity index (χ3v) is 6.82. The molecular formula is C29H28ClNO5. The molecule has 1 N–H and O–H groups in total. The van der Waals surface area contributed by atoms with Gasteiger partial charge in [0.1, 0.15) is 17.3 Å². The molecule has 1 heterocycles. The zero-order chi connectivity index (χ0) is 26.1. The number of hydrogen-bond donors (Lipinski definition) is 1. The Morgan fingerprint density at radius 3 is 2.39 bits per heavy atom. The number of ether oxygens (including phenoxy) is 2. The van der Waals surface area contributed by atoms with E-state index in [1.165, 1.54) is 4.90 Å². The first-order valence-corrected chi connectivity index (χ1v) is 11.9. The van der Waals surface area contributed by atoms with Crippen LogP contribution in [0, 0.1) is 6.92 Å². The van der Waals surface area contributed by atoms with Crippen LogP contribution < -0.4 is 14.4 Å². The molecule has 0 saturated carbocycles. The molecule has 1 aliphatic heterocycles. The molecule has 0 aliphatic carbocycles. The van der Waals surface area contributed by atoms with E-state index in [1.807, 2.05) is 20.8 Å². The summed E-state index contributed by atoms with van der Waals surface area (Å²) in [6.45, 7) is 5.88. The first kappa shape index (κ1) is 25.3. The lowest BCUT2D eigenvalue weighted by Gasteiger charge is -2.26. The second-order valence-electron chi connectivity index (χ2n) is 8.99. The molecule has 0 bridgehead atoms. The van der Waals surface area contributed by atoms with Crippen molar-refractivity contribution in [3.8, 4) is 11.5 Å². The summed E-state index contributed by atoms with van der Waals surface area (Å²) in [7, 11) is 3.13. The lowest BCUT2D eigenvalue weighted by molar-refractivity contribution is -0.132. The number of rotatable bonds is 6. The highest BCUT2D eigenvalue weighted by Gasteiger charge is 2.47.